The Kier molecular flexibility index (Phi) is 5.53. The molecule has 1 atom stereocenters. The van der Waals surface area contributed by atoms with Crippen molar-refractivity contribution < 1.29 is 26.7 Å². The van der Waals surface area contributed by atoms with Gasteiger partial charge in [-0.1, -0.05) is 6.92 Å². The number of hydrogen-bond donors (Lipinski definition) is 1. The lowest BCUT2D eigenvalue weighted by Crippen LogP contribution is -2.53. The summed E-state index contributed by atoms with van der Waals surface area (Å²) in [5.41, 5.74) is 0. The Labute approximate surface area is 119 Å². The molecule has 0 aliphatic carbocycles. The summed E-state index contributed by atoms with van der Waals surface area (Å²) in [6.07, 6.45) is 0.497. The quantitative estimate of drug-likeness (QED) is 0.679. The highest BCUT2D eigenvalue weighted by Crippen LogP contribution is 2.15. The molecule has 0 saturated carbocycles. The Morgan fingerprint density at radius 3 is 1.95 bits per heavy atom. The summed E-state index contributed by atoms with van der Waals surface area (Å²) in [4.78, 5) is 10.8. The van der Waals surface area contributed by atoms with E-state index in [-0.39, 0.29) is 31.9 Å². The van der Waals surface area contributed by atoms with E-state index < -0.39 is 31.3 Å². The van der Waals surface area contributed by atoms with Crippen molar-refractivity contribution in [2.24, 2.45) is 0 Å². The Bertz CT molecular complexity index is 548. The van der Waals surface area contributed by atoms with Gasteiger partial charge in [0, 0.05) is 26.2 Å². The van der Waals surface area contributed by atoms with Crippen LogP contribution in [0.25, 0.3) is 0 Å². The van der Waals surface area contributed by atoms with E-state index in [4.69, 9.17) is 5.11 Å². The predicted octanol–water partition coefficient (Wildman–Crippen LogP) is -0.853. The fourth-order valence-corrected chi connectivity index (χ4v) is 4.81. The molecule has 0 radical (unpaired) electrons. The van der Waals surface area contributed by atoms with Crippen LogP contribution >= 0.6 is 0 Å². The van der Waals surface area contributed by atoms with Gasteiger partial charge >= 0.3 is 5.97 Å². The third kappa shape index (κ3) is 3.68. The van der Waals surface area contributed by atoms with Gasteiger partial charge < -0.3 is 5.11 Å². The summed E-state index contributed by atoms with van der Waals surface area (Å²) in [5, 5.41) is 7.26. The number of nitrogens with zero attached hydrogens (tertiary/aromatic N) is 2. The van der Waals surface area contributed by atoms with Crippen LogP contribution in [0.15, 0.2) is 0 Å². The van der Waals surface area contributed by atoms with Gasteiger partial charge in [-0.2, -0.15) is 8.61 Å². The molecule has 0 aromatic heterocycles. The first kappa shape index (κ1) is 17.3. The second kappa shape index (κ2) is 6.37. The van der Waals surface area contributed by atoms with Crippen molar-refractivity contribution >= 4 is 26.0 Å². The van der Waals surface area contributed by atoms with Gasteiger partial charge in [0.25, 0.3) is 0 Å². The maximum Gasteiger partial charge on any atom is 0.323 e. The zero-order valence-electron chi connectivity index (χ0n) is 11.5. The molecule has 1 aliphatic heterocycles. The molecule has 1 fully saturated rings. The summed E-state index contributed by atoms with van der Waals surface area (Å²) in [5.74, 6) is -1.38. The second-order valence-corrected chi connectivity index (χ2v) is 8.98. The van der Waals surface area contributed by atoms with Crippen molar-refractivity contribution in [3.8, 4) is 0 Å². The zero-order chi connectivity index (χ0) is 15.6. The number of carboxylic acid groups (broad SMARTS) is 1. The molecule has 1 N–H and O–H groups in total. The number of aliphatic carboxylic acids is 1. The number of hydrogen-bond acceptors (Lipinski definition) is 5. The second-order valence-electron chi connectivity index (χ2n) is 4.64. The van der Waals surface area contributed by atoms with E-state index >= 15 is 0 Å². The lowest BCUT2D eigenvalue weighted by Gasteiger charge is -2.34. The van der Waals surface area contributed by atoms with Gasteiger partial charge in [-0.3, -0.25) is 4.79 Å². The van der Waals surface area contributed by atoms with Gasteiger partial charge in [-0.15, -0.1) is 0 Å². The van der Waals surface area contributed by atoms with Crippen molar-refractivity contribution in [1.29, 1.82) is 0 Å². The molecule has 1 saturated heterocycles. The van der Waals surface area contributed by atoms with E-state index in [0.29, 0.717) is 6.42 Å². The molecule has 118 valence electrons. The Hall–Kier alpha value is -0.710. The van der Waals surface area contributed by atoms with Crippen molar-refractivity contribution in [2.45, 2.75) is 25.5 Å². The molecule has 1 aliphatic rings. The molecule has 1 heterocycles. The molecule has 0 amide bonds. The molecule has 20 heavy (non-hydrogen) atoms. The summed E-state index contributed by atoms with van der Waals surface area (Å²) in [6.45, 7) is 2.97. The normalized spacial score (nSPS) is 20.7. The molecule has 1 unspecified atom stereocenters. The van der Waals surface area contributed by atoms with Gasteiger partial charge in [0.15, 0.2) is 5.25 Å². The average Bonchev–Trinajstić information content (AvgIpc) is 2.37. The van der Waals surface area contributed by atoms with Gasteiger partial charge in [-0.25, -0.2) is 16.8 Å². The minimum Gasteiger partial charge on any atom is -0.480 e. The average molecular weight is 328 g/mol. The molecule has 10 heteroatoms. The molecule has 1 rings (SSSR count). The van der Waals surface area contributed by atoms with Gasteiger partial charge in [0.2, 0.25) is 20.0 Å². The molecule has 0 aromatic rings. The van der Waals surface area contributed by atoms with E-state index in [9.17, 15) is 21.6 Å². The van der Waals surface area contributed by atoms with Crippen molar-refractivity contribution in [3.05, 3.63) is 0 Å². The van der Waals surface area contributed by atoms with E-state index in [2.05, 4.69) is 0 Å². The number of carbonyl (C=O) groups is 1. The Morgan fingerprint density at radius 1 is 1.10 bits per heavy atom. The third-order valence-corrected chi connectivity index (χ3v) is 7.46. The molecular formula is C10H20N2O6S2. The van der Waals surface area contributed by atoms with Crippen molar-refractivity contribution in [1.82, 2.24) is 8.61 Å². The van der Waals surface area contributed by atoms with Gasteiger partial charge in [-0.05, 0) is 13.3 Å². The van der Waals surface area contributed by atoms with Gasteiger partial charge in [0.1, 0.15) is 0 Å². The number of piperazine rings is 1. The van der Waals surface area contributed by atoms with Crippen molar-refractivity contribution in [3.63, 3.8) is 0 Å². The highest BCUT2D eigenvalue weighted by atomic mass is 32.2. The summed E-state index contributed by atoms with van der Waals surface area (Å²) >= 11 is 0. The predicted molar refractivity (Wildman–Crippen MR) is 73.2 cm³/mol. The van der Waals surface area contributed by atoms with Crippen LogP contribution < -0.4 is 0 Å². The van der Waals surface area contributed by atoms with Crippen LogP contribution in [-0.4, -0.2) is 73.7 Å². The first-order valence-electron chi connectivity index (χ1n) is 6.32. The van der Waals surface area contributed by atoms with E-state index in [0.717, 1.165) is 11.2 Å². The van der Waals surface area contributed by atoms with E-state index in [1.54, 1.807) is 6.92 Å². The van der Waals surface area contributed by atoms with Crippen LogP contribution in [0.4, 0.5) is 0 Å². The minimum atomic E-state index is -3.93. The maximum absolute atomic E-state index is 12.0. The van der Waals surface area contributed by atoms with Crippen LogP contribution in [0.1, 0.15) is 20.3 Å². The number of carboxylic acids is 1. The Morgan fingerprint density at radius 2 is 1.55 bits per heavy atom. The van der Waals surface area contributed by atoms with Gasteiger partial charge in [0.05, 0.1) is 5.75 Å². The molecular weight excluding hydrogens is 308 g/mol. The standard InChI is InChI=1S/C10H20N2O6S2/c1-3-8-19(15,16)11-4-6-12(7-5-11)20(17,18)9(2)10(13)14/h9H,3-8H2,1-2H3,(H,13,14). The fourth-order valence-electron chi connectivity index (χ4n) is 1.94. The molecule has 0 bridgehead atoms. The zero-order valence-corrected chi connectivity index (χ0v) is 13.2. The highest BCUT2D eigenvalue weighted by molar-refractivity contribution is 7.90. The van der Waals surface area contributed by atoms with Crippen molar-refractivity contribution in [2.75, 3.05) is 31.9 Å². The van der Waals surface area contributed by atoms with Crippen LogP contribution in [0, 0.1) is 0 Å². The fraction of sp³-hybridized carbons (Fsp3) is 0.900. The summed E-state index contributed by atoms with van der Waals surface area (Å²) in [7, 11) is -7.27. The first-order chi connectivity index (χ1) is 9.13. The van der Waals surface area contributed by atoms with Crippen LogP contribution in [0.5, 0.6) is 0 Å². The van der Waals surface area contributed by atoms with Crippen LogP contribution in [-0.2, 0) is 24.8 Å². The Balaban J connectivity index is 2.74. The molecule has 0 spiro atoms. The monoisotopic (exact) mass is 328 g/mol. The third-order valence-electron chi connectivity index (χ3n) is 3.21. The lowest BCUT2D eigenvalue weighted by atomic mass is 10.4. The number of rotatable bonds is 6. The largest absolute Gasteiger partial charge is 0.480 e. The topological polar surface area (TPSA) is 112 Å². The first-order valence-corrected chi connectivity index (χ1v) is 9.43. The SMILES string of the molecule is CCCS(=O)(=O)N1CCN(S(=O)(=O)C(C)C(=O)O)CC1. The minimum absolute atomic E-state index is 0.0110. The number of sulfonamides is 2. The summed E-state index contributed by atoms with van der Waals surface area (Å²) < 4.78 is 50.0. The summed E-state index contributed by atoms with van der Waals surface area (Å²) in [6, 6.07) is 0. The molecule has 0 aromatic carbocycles. The van der Waals surface area contributed by atoms with E-state index in [1.165, 1.54) is 4.31 Å². The smallest absolute Gasteiger partial charge is 0.323 e. The van der Waals surface area contributed by atoms with Crippen LogP contribution in [0.2, 0.25) is 0 Å². The lowest BCUT2D eigenvalue weighted by molar-refractivity contribution is -0.136. The molecule has 8 nitrogen and oxygen atoms in total. The van der Waals surface area contributed by atoms with Crippen LogP contribution in [0.3, 0.4) is 0 Å². The van der Waals surface area contributed by atoms with E-state index in [1.807, 2.05) is 0 Å². The highest BCUT2D eigenvalue weighted by Gasteiger charge is 2.37. The maximum atomic E-state index is 12.0.